The van der Waals surface area contributed by atoms with E-state index in [0.29, 0.717) is 12.6 Å². The molecule has 1 saturated carbocycles. The average molecular weight is 197 g/mol. The molecule has 2 atom stereocenters. The molecule has 1 aliphatic heterocycles. The molecule has 0 radical (unpaired) electrons. The Bertz CT molecular complexity index is 229. The van der Waals surface area contributed by atoms with E-state index < -0.39 is 0 Å². The van der Waals surface area contributed by atoms with E-state index in [-0.39, 0.29) is 11.4 Å². The van der Waals surface area contributed by atoms with Crippen molar-refractivity contribution in [1.29, 1.82) is 0 Å². The molecule has 0 unspecified atom stereocenters. The lowest BCUT2D eigenvalue weighted by molar-refractivity contribution is -0.157. The molecule has 1 heterocycles. The fourth-order valence-electron chi connectivity index (χ4n) is 2.93. The molecule has 1 N–H and O–H groups in total. The smallest absolute Gasteiger partial charge is 0.313 e. The van der Waals surface area contributed by atoms with Gasteiger partial charge in [0.25, 0.3) is 0 Å². The SMILES string of the molecule is CCOC(=O)[C@@]12CCCC[C@@H]1NCC2. The second-order valence-corrected chi connectivity index (χ2v) is 4.38. The Hall–Kier alpha value is -0.570. The Labute approximate surface area is 85.2 Å². The summed E-state index contributed by atoms with van der Waals surface area (Å²) in [5, 5.41) is 3.44. The molecule has 0 aromatic carbocycles. The van der Waals surface area contributed by atoms with Crippen LogP contribution in [0.25, 0.3) is 0 Å². The first-order valence-corrected chi connectivity index (χ1v) is 5.70. The maximum absolute atomic E-state index is 11.9. The third-order valence-corrected chi connectivity index (χ3v) is 3.68. The van der Waals surface area contributed by atoms with Gasteiger partial charge in [0.2, 0.25) is 0 Å². The third kappa shape index (κ3) is 1.44. The summed E-state index contributed by atoms with van der Waals surface area (Å²) in [5.41, 5.74) is -0.172. The molecule has 0 amide bonds. The molecule has 2 aliphatic rings. The van der Waals surface area contributed by atoms with Crippen LogP contribution in [-0.2, 0) is 9.53 Å². The van der Waals surface area contributed by atoms with Crippen LogP contribution >= 0.6 is 0 Å². The molecule has 14 heavy (non-hydrogen) atoms. The van der Waals surface area contributed by atoms with Crippen molar-refractivity contribution in [3.8, 4) is 0 Å². The Morgan fingerprint density at radius 2 is 2.36 bits per heavy atom. The molecule has 2 fully saturated rings. The van der Waals surface area contributed by atoms with E-state index in [4.69, 9.17) is 4.74 Å². The Morgan fingerprint density at radius 3 is 3.14 bits per heavy atom. The van der Waals surface area contributed by atoms with Gasteiger partial charge in [-0.15, -0.1) is 0 Å². The highest BCUT2D eigenvalue weighted by Gasteiger charge is 2.50. The summed E-state index contributed by atoms with van der Waals surface area (Å²) in [5.74, 6) is 0.0368. The van der Waals surface area contributed by atoms with Crippen molar-refractivity contribution in [1.82, 2.24) is 5.32 Å². The molecule has 0 bridgehead atoms. The third-order valence-electron chi connectivity index (χ3n) is 3.68. The molecule has 1 aliphatic carbocycles. The Morgan fingerprint density at radius 1 is 1.50 bits per heavy atom. The largest absolute Gasteiger partial charge is 0.466 e. The summed E-state index contributed by atoms with van der Waals surface area (Å²) in [6, 6.07) is 0.385. The van der Waals surface area contributed by atoms with Gasteiger partial charge < -0.3 is 10.1 Å². The lowest BCUT2D eigenvalue weighted by Crippen LogP contribution is -2.46. The van der Waals surface area contributed by atoms with Crippen LogP contribution < -0.4 is 5.32 Å². The predicted molar refractivity (Wildman–Crippen MR) is 53.9 cm³/mol. The van der Waals surface area contributed by atoms with E-state index in [1.807, 2.05) is 6.92 Å². The van der Waals surface area contributed by atoms with Crippen molar-refractivity contribution >= 4 is 5.97 Å². The van der Waals surface area contributed by atoms with Crippen LogP contribution in [0.5, 0.6) is 0 Å². The zero-order valence-corrected chi connectivity index (χ0v) is 8.84. The summed E-state index contributed by atoms with van der Waals surface area (Å²) >= 11 is 0. The molecule has 1 saturated heterocycles. The van der Waals surface area contributed by atoms with Gasteiger partial charge in [-0.2, -0.15) is 0 Å². The minimum atomic E-state index is -0.172. The van der Waals surface area contributed by atoms with Crippen LogP contribution in [0.2, 0.25) is 0 Å². The van der Waals surface area contributed by atoms with Crippen LogP contribution in [0.15, 0.2) is 0 Å². The summed E-state index contributed by atoms with van der Waals surface area (Å²) in [6.07, 6.45) is 5.55. The molecule has 0 aromatic rings. The number of nitrogens with one attached hydrogen (secondary N) is 1. The van der Waals surface area contributed by atoms with Gasteiger partial charge >= 0.3 is 5.97 Å². The van der Waals surface area contributed by atoms with E-state index >= 15 is 0 Å². The van der Waals surface area contributed by atoms with E-state index in [9.17, 15) is 4.79 Å². The maximum Gasteiger partial charge on any atom is 0.313 e. The number of hydrogen-bond donors (Lipinski definition) is 1. The van der Waals surface area contributed by atoms with Crippen LogP contribution in [0.3, 0.4) is 0 Å². The van der Waals surface area contributed by atoms with Crippen LogP contribution in [0.4, 0.5) is 0 Å². The molecular weight excluding hydrogens is 178 g/mol. The molecule has 3 heteroatoms. The van der Waals surface area contributed by atoms with E-state index in [1.54, 1.807) is 0 Å². The minimum absolute atomic E-state index is 0.0368. The number of esters is 1. The highest BCUT2D eigenvalue weighted by Crippen LogP contribution is 2.43. The maximum atomic E-state index is 11.9. The van der Waals surface area contributed by atoms with Gasteiger partial charge in [-0.25, -0.2) is 0 Å². The first-order valence-electron chi connectivity index (χ1n) is 5.70. The summed E-state index contributed by atoms with van der Waals surface area (Å²) in [4.78, 5) is 11.9. The topological polar surface area (TPSA) is 38.3 Å². The predicted octanol–water partition coefficient (Wildman–Crippen LogP) is 1.47. The number of carbonyl (C=O) groups excluding carboxylic acids is 1. The first kappa shape index (κ1) is 9.97. The summed E-state index contributed by atoms with van der Waals surface area (Å²) < 4.78 is 5.21. The Balaban J connectivity index is 2.13. The van der Waals surface area contributed by atoms with Gasteiger partial charge in [0.1, 0.15) is 0 Å². The van der Waals surface area contributed by atoms with Crippen molar-refractivity contribution < 1.29 is 9.53 Å². The minimum Gasteiger partial charge on any atom is -0.466 e. The Kier molecular flexibility index (Phi) is 2.77. The standard InChI is InChI=1S/C11H19NO2/c1-2-14-10(13)11-6-4-3-5-9(11)12-8-7-11/h9,12H,2-8H2,1H3/t9-,11+/m0/s1. The van der Waals surface area contributed by atoms with Crippen molar-refractivity contribution in [2.75, 3.05) is 13.2 Å². The number of rotatable bonds is 2. The quantitative estimate of drug-likeness (QED) is 0.681. The van der Waals surface area contributed by atoms with Gasteiger partial charge in [-0.05, 0) is 32.7 Å². The lowest BCUT2D eigenvalue weighted by atomic mass is 9.70. The van der Waals surface area contributed by atoms with Crippen molar-refractivity contribution in [3.63, 3.8) is 0 Å². The fraction of sp³-hybridized carbons (Fsp3) is 0.909. The molecule has 3 nitrogen and oxygen atoms in total. The van der Waals surface area contributed by atoms with Gasteiger partial charge in [-0.3, -0.25) is 4.79 Å². The zero-order chi connectivity index (χ0) is 10.0. The van der Waals surface area contributed by atoms with Crippen LogP contribution in [-0.4, -0.2) is 25.2 Å². The molecule has 80 valence electrons. The van der Waals surface area contributed by atoms with Gasteiger partial charge in [0.15, 0.2) is 0 Å². The van der Waals surface area contributed by atoms with Crippen LogP contribution in [0.1, 0.15) is 39.0 Å². The van der Waals surface area contributed by atoms with E-state index in [0.717, 1.165) is 25.8 Å². The second kappa shape index (κ2) is 3.89. The fourth-order valence-corrected chi connectivity index (χ4v) is 2.93. The second-order valence-electron chi connectivity index (χ2n) is 4.38. The average Bonchev–Trinajstić information content (AvgIpc) is 2.62. The zero-order valence-electron chi connectivity index (χ0n) is 8.84. The molecular formula is C11H19NO2. The van der Waals surface area contributed by atoms with Gasteiger partial charge in [-0.1, -0.05) is 12.8 Å². The first-order chi connectivity index (χ1) is 6.79. The highest BCUT2D eigenvalue weighted by molar-refractivity contribution is 5.78. The van der Waals surface area contributed by atoms with Crippen molar-refractivity contribution in [3.05, 3.63) is 0 Å². The van der Waals surface area contributed by atoms with E-state index in [2.05, 4.69) is 5.32 Å². The number of fused-ring (bicyclic) bond motifs is 1. The monoisotopic (exact) mass is 197 g/mol. The number of hydrogen-bond acceptors (Lipinski definition) is 3. The summed E-state index contributed by atoms with van der Waals surface area (Å²) in [7, 11) is 0. The lowest BCUT2D eigenvalue weighted by Gasteiger charge is -2.36. The number of ether oxygens (including phenoxy) is 1. The number of carbonyl (C=O) groups is 1. The van der Waals surface area contributed by atoms with Crippen molar-refractivity contribution in [2.45, 2.75) is 45.1 Å². The normalized spacial score (nSPS) is 36.5. The van der Waals surface area contributed by atoms with Gasteiger partial charge in [0, 0.05) is 6.04 Å². The highest BCUT2D eigenvalue weighted by atomic mass is 16.5. The van der Waals surface area contributed by atoms with E-state index in [1.165, 1.54) is 12.8 Å². The van der Waals surface area contributed by atoms with Crippen LogP contribution in [0, 0.1) is 5.41 Å². The van der Waals surface area contributed by atoms with Crippen molar-refractivity contribution in [2.24, 2.45) is 5.41 Å². The summed E-state index contributed by atoms with van der Waals surface area (Å²) in [6.45, 7) is 3.37. The van der Waals surface area contributed by atoms with Gasteiger partial charge in [0.05, 0.1) is 12.0 Å². The molecule has 0 spiro atoms. The molecule has 0 aromatic heterocycles. The molecule has 2 rings (SSSR count).